The SMILES string of the molecule is COP(=S)(OC)Oc1ccc([N+](=O)[O-])cc1.O=[N+]([O-])[O-].[Na+]. The van der Waals surface area contributed by atoms with Crippen LogP contribution in [-0.2, 0) is 20.9 Å². The van der Waals surface area contributed by atoms with Crippen molar-refractivity contribution in [2.75, 3.05) is 14.2 Å². The number of rotatable bonds is 5. The Labute approximate surface area is 146 Å². The molecule has 10 nitrogen and oxygen atoms in total. The molecule has 0 aromatic heterocycles. The molecule has 21 heavy (non-hydrogen) atoms. The van der Waals surface area contributed by atoms with E-state index < -0.39 is 16.7 Å². The summed E-state index contributed by atoms with van der Waals surface area (Å²) in [7, 11) is 2.77. The smallest absolute Gasteiger partial charge is 0.424 e. The summed E-state index contributed by atoms with van der Waals surface area (Å²) in [4.78, 5) is 18.2. The van der Waals surface area contributed by atoms with Gasteiger partial charge in [-0.1, -0.05) is 0 Å². The van der Waals surface area contributed by atoms with Crippen LogP contribution in [-0.4, -0.2) is 24.2 Å². The molecule has 0 amide bonds. The van der Waals surface area contributed by atoms with Crippen LogP contribution in [0.4, 0.5) is 5.69 Å². The van der Waals surface area contributed by atoms with E-state index in [4.69, 9.17) is 40.7 Å². The molecule has 0 saturated heterocycles. The summed E-state index contributed by atoms with van der Waals surface area (Å²) in [6, 6.07) is 5.52. The van der Waals surface area contributed by atoms with Crippen molar-refractivity contribution in [3.8, 4) is 5.75 Å². The van der Waals surface area contributed by atoms with Crippen molar-refractivity contribution in [1.29, 1.82) is 0 Å². The number of nitrogens with zero attached hydrogens (tertiary/aromatic N) is 2. The second-order valence-electron chi connectivity index (χ2n) is 2.88. The molecule has 0 aliphatic carbocycles. The molecule has 0 atom stereocenters. The molecule has 0 unspecified atom stereocenters. The molecule has 0 aliphatic heterocycles. The molecule has 0 bridgehead atoms. The maximum Gasteiger partial charge on any atom is 1.00 e. The second-order valence-corrected chi connectivity index (χ2v) is 6.03. The number of non-ortho nitro benzene ring substituents is 1. The van der Waals surface area contributed by atoms with E-state index in [1.54, 1.807) is 0 Å². The second kappa shape index (κ2) is 10.9. The van der Waals surface area contributed by atoms with Gasteiger partial charge < -0.3 is 28.9 Å². The van der Waals surface area contributed by atoms with Crippen LogP contribution in [0.2, 0.25) is 0 Å². The van der Waals surface area contributed by atoms with Crippen LogP contribution >= 0.6 is 6.72 Å². The normalized spacial score (nSPS) is 9.62. The fourth-order valence-electron chi connectivity index (χ4n) is 0.907. The summed E-state index contributed by atoms with van der Waals surface area (Å²) in [5.74, 6) is 0.373. The van der Waals surface area contributed by atoms with Crippen molar-refractivity contribution >= 4 is 24.2 Å². The van der Waals surface area contributed by atoms with E-state index in [0.717, 1.165) is 0 Å². The van der Waals surface area contributed by atoms with Crippen LogP contribution in [0.3, 0.4) is 0 Å². The van der Waals surface area contributed by atoms with E-state index in [-0.39, 0.29) is 35.2 Å². The molecule has 1 rings (SSSR count). The minimum Gasteiger partial charge on any atom is -0.424 e. The van der Waals surface area contributed by atoms with Gasteiger partial charge in [0.1, 0.15) is 5.75 Å². The molecule has 0 radical (unpaired) electrons. The zero-order valence-corrected chi connectivity index (χ0v) is 15.0. The number of nitro benzene ring substituents is 1. The Morgan fingerprint density at radius 1 is 1.05 bits per heavy atom. The first-order chi connectivity index (χ1) is 9.24. The van der Waals surface area contributed by atoms with Crippen LogP contribution in [0, 0.1) is 25.4 Å². The summed E-state index contributed by atoms with van der Waals surface area (Å²) < 4.78 is 15.1. The number of hydrogen-bond acceptors (Lipinski definition) is 9. The molecule has 0 spiro atoms. The first-order valence-corrected chi connectivity index (χ1v) is 7.26. The predicted molar refractivity (Wildman–Crippen MR) is 72.4 cm³/mol. The maximum absolute atomic E-state index is 10.4. The van der Waals surface area contributed by atoms with E-state index in [9.17, 15) is 10.1 Å². The molecular formula is C8H10N2NaO8PS. The zero-order chi connectivity index (χ0) is 15.8. The van der Waals surface area contributed by atoms with Crippen molar-refractivity contribution in [3.05, 3.63) is 49.7 Å². The van der Waals surface area contributed by atoms with Crippen molar-refractivity contribution < 1.29 is 53.1 Å². The van der Waals surface area contributed by atoms with Gasteiger partial charge in [-0.25, -0.2) is 0 Å². The van der Waals surface area contributed by atoms with Gasteiger partial charge >= 0.3 is 36.3 Å². The average molecular weight is 348 g/mol. The van der Waals surface area contributed by atoms with E-state index in [2.05, 4.69) is 0 Å². The summed E-state index contributed by atoms with van der Waals surface area (Å²) in [5.41, 5.74) is -0.0181. The van der Waals surface area contributed by atoms with Gasteiger partial charge in [0, 0.05) is 38.2 Å². The minimum atomic E-state index is -2.78. The number of benzene rings is 1. The van der Waals surface area contributed by atoms with E-state index in [0.29, 0.717) is 5.75 Å². The number of hydrogen-bond donors (Lipinski definition) is 0. The van der Waals surface area contributed by atoms with Gasteiger partial charge in [-0.15, -0.1) is 0 Å². The Bertz CT molecular complexity index is 502. The molecule has 0 aliphatic rings. The van der Waals surface area contributed by atoms with Crippen LogP contribution in [0.25, 0.3) is 0 Å². The van der Waals surface area contributed by atoms with Crippen molar-refractivity contribution in [2.45, 2.75) is 0 Å². The van der Waals surface area contributed by atoms with Gasteiger partial charge in [0.15, 0.2) is 0 Å². The molecule has 1 aromatic carbocycles. The Morgan fingerprint density at radius 2 is 1.43 bits per heavy atom. The van der Waals surface area contributed by atoms with E-state index in [1.807, 2.05) is 0 Å². The maximum atomic E-state index is 10.4. The molecule has 0 heterocycles. The van der Waals surface area contributed by atoms with Crippen molar-refractivity contribution in [2.24, 2.45) is 0 Å². The molecule has 0 N–H and O–H groups in total. The molecule has 0 fully saturated rings. The molecule has 13 heteroatoms. The van der Waals surface area contributed by atoms with E-state index in [1.165, 1.54) is 38.5 Å². The third kappa shape index (κ3) is 9.69. The first-order valence-electron chi connectivity index (χ1n) is 4.71. The van der Waals surface area contributed by atoms with Crippen LogP contribution in [0.5, 0.6) is 5.75 Å². The summed E-state index contributed by atoms with van der Waals surface area (Å²) in [6.07, 6.45) is 0. The van der Waals surface area contributed by atoms with Gasteiger partial charge in [0.05, 0.1) is 10.0 Å². The van der Waals surface area contributed by atoms with Crippen LogP contribution in [0.1, 0.15) is 0 Å². The monoisotopic (exact) mass is 348 g/mol. The fourth-order valence-corrected chi connectivity index (χ4v) is 1.84. The quantitative estimate of drug-likeness (QED) is 0.291. The fraction of sp³-hybridized carbons (Fsp3) is 0.250. The summed E-state index contributed by atoms with van der Waals surface area (Å²) in [6.45, 7) is -2.78. The largest absolute Gasteiger partial charge is 1.00 e. The van der Waals surface area contributed by atoms with Crippen molar-refractivity contribution in [1.82, 2.24) is 0 Å². The van der Waals surface area contributed by atoms with Gasteiger partial charge in [-0.05, 0) is 12.1 Å². The average Bonchev–Trinajstić information content (AvgIpc) is 2.38. The van der Waals surface area contributed by atoms with Crippen LogP contribution in [0.15, 0.2) is 24.3 Å². The topological polar surface area (TPSA) is 137 Å². The standard InChI is InChI=1S/C8H10NO5PS.NO3.Na/c1-12-15(16,13-2)14-8-5-3-7(4-6-8)9(10)11;2-1(3)4;/h3-6H,1-2H3;;/q;-1;+1. The third-order valence-electron chi connectivity index (χ3n) is 1.71. The van der Waals surface area contributed by atoms with Gasteiger partial charge in [-0.2, -0.15) is 0 Å². The summed E-state index contributed by atoms with van der Waals surface area (Å²) >= 11 is 4.98. The Hall–Kier alpha value is -0.810. The van der Waals surface area contributed by atoms with Gasteiger partial charge in [-0.3, -0.25) is 10.1 Å². The molecular weight excluding hydrogens is 338 g/mol. The van der Waals surface area contributed by atoms with Gasteiger partial charge in [0.2, 0.25) is 0 Å². The Balaban J connectivity index is 0. The van der Waals surface area contributed by atoms with Crippen LogP contribution < -0.4 is 34.1 Å². The number of nitro groups is 1. The minimum absolute atomic E-state index is 0. The third-order valence-corrected chi connectivity index (χ3v) is 4.16. The predicted octanol–water partition coefficient (Wildman–Crippen LogP) is -0.744. The summed E-state index contributed by atoms with van der Waals surface area (Å²) in [5, 5.41) is 25.2. The molecule has 0 saturated carbocycles. The Kier molecular flexibility index (Phi) is 11.6. The van der Waals surface area contributed by atoms with Crippen molar-refractivity contribution in [3.63, 3.8) is 0 Å². The Morgan fingerprint density at radius 3 is 1.71 bits per heavy atom. The van der Waals surface area contributed by atoms with Gasteiger partial charge in [0.25, 0.3) is 5.69 Å². The molecule has 112 valence electrons. The van der Waals surface area contributed by atoms with E-state index >= 15 is 0 Å². The first kappa shape index (κ1) is 22.5. The zero-order valence-electron chi connectivity index (χ0n) is 11.3. The molecule has 1 aromatic rings.